The van der Waals surface area contributed by atoms with Crippen LogP contribution in [-0.2, 0) is 5.41 Å². The summed E-state index contributed by atoms with van der Waals surface area (Å²) in [7, 11) is 0. The quantitative estimate of drug-likeness (QED) is 0.516. The van der Waals surface area contributed by atoms with E-state index < -0.39 is 5.91 Å². The third-order valence-corrected chi connectivity index (χ3v) is 5.54. The summed E-state index contributed by atoms with van der Waals surface area (Å²) in [6.07, 6.45) is 1.98. The monoisotopic (exact) mass is 316 g/mol. The number of Topliss-reactive ketones (excluding diaryl/α,β-unsaturated/α-hetero) is 1. The third-order valence-electron chi connectivity index (χ3n) is 4.08. The highest BCUT2D eigenvalue weighted by Crippen LogP contribution is 2.54. The van der Waals surface area contributed by atoms with Crippen LogP contribution in [0, 0.1) is 6.92 Å². The minimum atomic E-state index is -0.527. The number of nitrogens with one attached hydrogen (secondary N) is 1. The van der Waals surface area contributed by atoms with Gasteiger partial charge < -0.3 is 0 Å². The van der Waals surface area contributed by atoms with Crippen LogP contribution in [0.1, 0.15) is 56.1 Å². The molecule has 5 nitrogen and oxygen atoms in total. The molecule has 0 radical (unpaired) electrons. The molecule has 1 aromatic heterocycles. The van der Waals surface area contributed by atoms with E-state index in [0.29, 0.717) is 5.56 Å². The number of carbonyl (C=O) groups is 2. The number of rotatable bonds is 4. The van der Waals surface area contributed by atoms with E-state index in [1.807, 2.05) is 19.1 Å². The van der Waals surface area contributed by atoms with Gasteiger partial charge in [-0.05, 0) is 37.5 Å². The molecule has 1 aromatic carbocycles. The van der Waals surface area contributed by atoms with Gasteiger partial charge in [-0.25, -0.2) is 10.5 Å². The van der Waals surface area contributed by atoms with Gasteiger partial charge in [-0.2, -0.15) is 0 Å². The molecule has 1 aliphatic rings. The molecule has 6 heteroatoms. The second kappa shape index (κ2) is 5.30. The van der Waals surface area contributed by atoms with Crippen molar-refractivity contribution >= 4 is 23.0 Å². The Balaban J connectivity index is 1.95. The van der Waals surface area contributed by atoms with Crippen LogP contribution in [0.3, 0.4) is 0 Å². The maximum atomic E-state index is 11.6. The fourth-order valence-corrected chi connectivity index (χ4v) is 3.91. The number of hydrogen-bond acceptors (Lipinski definition) is 5. The Labute approximate surface area is 132 Å². The highest BCUT2D eigenvalue weighted by atomic mass is 32.1. The summed E-state index contributed by atoms with van der Waals surface area (Å²) < 4.78 is 0. The van der Waals surface area contributed by atoms with E-state index >= 15 is 0 Å². The number of hydrogen-bond donors (Lipinski definition) is 2. The number of amides is 1. The zero-order valence-electron chi connectivity index (χ0n) is 12.3. The van der Waals surface area contributed by atoms with Gasteiger partial charge in [-0.15, -0.1) is 11.3 Å². The summed E-state index contributed by atoms with van der Waals surface area (Å²) in [6.45, 7) is 3.42. The molecule has 0 atom stereocenters. The lowest BCUT2D eigenvalue weighted by atomic mass is 9.95. The Kier molecular flexibility index (Phi) is 3.58. The number of hydroxylamine groups is 1. The van der Waals surface area contributed by atoms with Crippen molar-refractivity contribution in [2.45, 2.75) is 32.1 Å². The Morgan fingerprint density at radius 1 is 1.27 bits per heavy atom. The number of aryl methyl sites for hydroxylation is 1. The minimum absolute atomic E-state index is 0.0482. The van der Waals surface area contributed by atoms with E-state index in [2.05, 4.69) is 4.98 Å². The van der Waals surface area contributed by atoms with Crippen molar-refractivity contribution in [2.24, 2.45) is 0 Å². The SMILES string of the molecule is CC(=O)c1sc(C2(c3ccc(C(=O)NO)cc3)CC2)nc1C. The molecule has 0 unspecified atom stereocenters. The second-order valence-electron chi connectivity index (χ2n) is 5.59. The second-order valence-corrected chi connectivity index (χ2v) is 6.59. The maximum absolute atomic E-state index is 11.6. The van der Waals surface area contributed by atoms with Gasteiger partial charge >= 0.3 is 0 Å². The molecule has 22 heavy (non-hydrogen) atoms. The van der Waals surface area contributed by atoms with Gasteiger partial charge in [0.05, 0.1) is 10.6 Å². The van der Waals surface area contributed by atoms with Gasteiger partial charge in [0.25, 0.3) is 5.91 Å². The van der Waals surface area contributed by atoms with Gasteiger partial charge in [0.15, 0.2) is 5.78 Å². The van der Waals surface area contributed by atoms with Gasteiger partial charge in [0.1, 0.15) is 5.01 Å². The lowest BCUT2D eigenvalue weighted by Crippen LogP contribution is -2.18. The van der Waals surface area contributed by atoms with Crippen molar-refractivity contribution in [1.82, 2.24) is 10.5 Å². The van der Waals surface area contributed by atoms with Gasteiger partial charge in [-0.3, -0.25) is 14.8 Å². The number of ketones is 1. The first-order valence-corrected chi connectivity index (χ1v) is 7.83. The Morgan fingerprint density at radius 2 is 1.91 bits per heavy atom. The molecular weight excluding hydrogens is 300 g/mol. The number of thiazole rings is 1. The molecule has 2 aromatic rings. The Hall–Kier alpha value is -2.05. The van der Waals surface area contributed by atoms with E-state index in [-0.39, 0.29) is 11.2 Å². The van der Waals surface area contributed by atoms with Crippen LogP contribution in [0.25, 0.3) is 0 Å². The topological polar surface area (TPSA) is 79.3 Å². The molecule has 0 saturated heterocycles. The highest BCUT2D eigenvalue weighted by Gasteiger charge is 2.48. The molecular formula is C16H16N2O3S. The average Bonchev–Trinajstić information content (AvgIpc) is 3.23. The minimum Gasteiger partial charge on any atom is -0.294 e. The summed E-state index contributed by atoms with van der Waals surface area (Å²) in [5.41, 5.74) is 3.78. The van der Waals surface area contributed by atoms with Crippen molar-refractivity contribution in [3.05, 3.63) is 51.0 Å². The van der Waals surface area contributed by atoms with Crippen LogP contribution in [0.2, 0.25) is 0 Å². The molecule has 1 saturated carbocycles. The van der Waals surface area contributed by atoms with E-state index in [1.165, 1.54) is 11.3 Å². The first-order chi connectivity index (χ1) is 10.5. The van der Waals surface area contributed by atoms with Crippen molar-refractivity contribution in [1.29, 1.82) is 0 Å². The van der Waals surface area contributed by atoms with Crippen LogP contribution in [0.5, 0.6) is 0 Å². The standard InChI is InChI=1S/C16H16N2O3S/c1-9-13(10(2)19)22-15(17-9)16(7-8-16)12-5-3-11(4-6-12)14(20)18-21/h3-6,21H,7-8H2,1-2H3,(H,18,20). The van der Waals surface area contributed by atoms with Crippen LogP contribution in [0.4, 0.5) is 0 Å². The normalized spacial score (nSPS) is 15.4. The summed E-state index contributed by atoms with van der Waals surface area (Å²) >= 11 is 1.47. The smallest absolute Gasteiger partial charge is 0.274 e. The molecule has 1 fully saturated rings. The fraction of sp³-hybridized carbons (Fsp3) is 0.312. The summed E-state index contributed by atoms with van der Waals surface area (Å²) in [5.74, 6) is -0.479. The number of aromatic nitrogens is 1. The zero-order chi connectivity index (χ0) is 15.9. The number of nitrogens with zero attached hydrogens (tertiary/aromatic N) is 1. The largest absolute Gasteiger partial charge is 0.294 e. The summed E-state index contributed by atoms with van der Waals surface area (Å²) in [6, 6.07) is 7.16. The molecule has 1 aliphatic carbocycles. The molecule has 114 valence electrons. The lowest BCUT2D eigenvalue weighted by Gasteiger charge is -2.13. The van der Waals surface area contributed by atoms with Crippen molar-refractivity contribution < 1.29 is 14.8 Å². The maximum Gasteiger partial charge on any atom is 0.274 e. The van der Waals surface area contributed by atoms with E-state index in [4.69, 9.17) is 5.21 Å². The first-order valence-electron chi connectivity index (χ1n) is 7.02. The lowest BCUT2D eigenvalue weighted by molar-refractivity contribution is 0.0706. The summed E-state index contributed by atoms with van der Waals surface area (Å²) in [4.78, 5) is 28.3. The number of carbonyl (C=O) groups excluding carboxylic acids is 2. The molecule has 2 N–H and O–H groups in total. The Bertz CT molecular complexity index is 745. The molecule has 1 amide bonds. The molecule has 0 aliphatic heterocycles. The molecule has 0 spiro atoms. The summed E-state index contributed by atoms with van der Waals surface area (Å²) in [5, 5.41) is 9.62. The van der Waals surface area contributed by atoms with E-state index in [9.17, 15) is 9.59 Å². The van der Waals surface area contributed by atoms with E-state index in [0.717, 1.165) is 34.0 Å². The van der Waals surface area contributed by atoms with Crippen molar-refractivity contribution in [3.63, 3.8) is 0 Å². The molecule has 0 bridgehead atoms. The van der Waals surface area contributed by atoms with E-state index in [1.54, 1.807) is 24.5 Å². The molecule has 1 heterocycles. The van der Waals surface area contributed by atoms with Gasteiger partial charge in [-0.1, -0.05) is 12.1 Å². The first kappa shape index (κ1) is 14.9. The van der Waals surface area contributed by atoms with Gasteiger partial charge in [0.2, 0.25) is 0 Å². The predicted molar refractivity (Wildman–Crippen MR) is 82.6 cm³/mol. The van der Waals surface area contributed by atoms with Crippen LogP contribution >= 0.6 is 11.3 Å². The third kappa shape index (κ3) is 2.34. The van der Waals surface area contributed by atoms with Crippen LogP contribution in [-0.4, -0.2) is 21.9 Å². The Morgan fingerprint density at radius 3 is 2.36 bits per heavy atom. The van der Waals surface area contributed by atoms with Crippen LogP contribution < -0.4 is 5.48 Å². The fourth-order valence-electron chi connectivity index (χ4n) is 2.68. The molecule has 3 rings (SSSR count). The highest BCUT2D eigenvalue weighted by molar-refractivity contribution is 7.14. The average molecular weight is 316 g/mol. The number of benzene rings is 1. The van der Waals surface area contributed by atoms with Gasteiger partial charge in [0, 0.05) is 17.9 Å². The predicted octanol–water partition coefficient (Wildman–Crippen LogP) is 2.85. The van der Waals surface area contributed by atoms with Crippen molar-refractivity contribution in [3.8, 4) is 0 Å². The van der Waals surface area contributed by atoms with Crippen LogP contribution in [0.15, 0.2) is 24.3 Å². The van der Waals surface area contributed by atoms with Crippen molar-refractivity contribution in [2.75, 3.05) is 0 Å². The zero-order valence-corrected chi connectivity index (χ0v) is 13.2.